The number of imidazole rings is 1. The number of ether oxygens (including phenoxy) is 2. The summed E-state index contributed by atoms with van der Waals surface area (Å²) in [6.45, 7) is 7.80. The van der Waals surface area contributed by atoms with Crippen molar-refractivity contribution >= 4 is 28.5 Å². The van der Waals surface area contributed by atoms with Crippen molar-refractivity contribution in [3.63, 3.8) is 0 Å². The maximum Gasteiger partial charge on any atom is 0.215 e. The fourth-order valence-corrected chi connectivity index (χ4v) is 5.49. The fourth-order valence-electron chi connectivity index (χ4n) is 5.49. The normalized spacial score (nSPS) is 17.0. The van der Waals surface area contributed by atoms with Crippen molar-refractivity contribution in [2.45, 2.75) is 51.8 Å². The highest BCUT2D eigenvalue weighted by molar-refractivity contribution is 5.87. The van der Waals surface area contributed by atoms with Crippen molar-refractivity contribution < 1.29 is 9.47 Å². The highest BCUT2D eigenvalue weighted by atomic mass is 16.5. The van der Waals surface area contributed by atoms with Crippen LogP contribution in [0.5, 0.6) is 5.88 Å². The topological polar surface area (TPSA) is 90.2 Å². The summed E-state index contributed by atoms with van der Waals surface area (Å²) in [7, 11) is 0. The Bertz CT molecular complexity index is 1680. The molecule has 0 spiro atoms. The van der Waals surface area contributed by atoms with E-state index in [1.165, 1.54) is 12.8 Å². The minimum absolute atomic E-state index is 0.215. The molecule has 0 radical (unpaired) electrons. The summed E-state index contributed by atoms with van der Waals surface area (Å²) in [6.07, 6.45) is 2.39. The molecule has 1 saturated carbocycles. The molecule has 2 aromatic carbocycles. The second-order valence-electron chi connectivity index (χ2n) is 11.0. The van der Waals surface area contributed by atoms with E-state index in [0.717, 1.165) is 52.7 Å². The Morgan fingerprint density at radius 2 is 1.76 bits per heavy atom. The molecule has 2 aliphatic rings. The Balaban J connectivity index is 1.16. The fraction of sp³-hybridized carbons (Fsp3) is 0.333. The number of aryl methyl sites for hydroxylation is 1. The van der Waals surface area contributed by atoms with Crippen LogP contribution in [-0.4, -0.2) is 50.3 Å². The SMILES string of the molecule is CCn1c(C2CC2)nc2c(N3CCOCC3C)nc(-c3ccc(Nc4cccc(OCc5ccccc5)n4)cc3)nc21. The van der Waals surface area contributed by atoms with Crippen LogP contribution in [0.2, 0.25) is 0 Å². The zero-order valence-electron chi connectivity index (χ0n) is 24.0. The van der Waals surface area contributed by atoms with Gasteiger partial charge in [-0.3, -0.25) is 0 Å². The summed E-state index contributed by atoms with van der Waals surface area (Å²) in [4.78, 5) is 22.3. The van der Waals surface area contributed by atoms with Crippen molar-refractivity contribution in [1.29, 1.82) is 0 Å². The number of hydrogen-bond acceptors (Lipinski definition) is 8. The summed E-state index contributed by atoms with van der Waals surface area (Å²) in [5.74, 6) is 4.56. The predicted octanol–water partition coefficient (Wildman–Crippen LogP) is 6.33. The minimum atomic E-state index is 0.215. The summed E-state index contributed by atoms with van der Waals surface area (Å²) >= 11 is 0. The second kappa shape index (κ2) is 11.4. The number of hydrogen-bond donors (Lipinski definition) is 1. The standard InChI is InChI=1S/C33H35N7O2/c1-3-39-31(25-12-13-25)36-29-32(39)37-30(38-33(29)40-18-19-41-20-22(40)2)24-14-16-26(17-15-24)34-27-10-7-11-28(35-27)42-21-23-8-5-4-6-9-23/h4-11,14-17,22,25H,3,12-13,18-21H2,1-2H3,(H,34,35). The van der Waals surface area contributed by atoms with E-state index in [-0.39, 0.29) is 6.04 Å². The van der Waals surface area contributed by atoms with Crippen LogP contribution in [0, 0.1) is 0 Å². The second-order valence-corrected chi connectivity index (χ2v) is 11.0. The van der Waals surface area contributed by atoms with Gasteiger partial charge in [0.05, 0.1) is 19.3 Å². The maximum absolute atomic E-state index is 5.90. The first-order valence-corrected chi connectivity index (χ1v) is 14.8. The monoisotopic (exact) mass is 561 g/mol. The average Bonchev–Trinajstić information content (AvgIpc) is 3.81. The Morgan fingerprint density at radius 3 is 2.52 bits per heavy atom. The van der Waals surface area contributed by atoms with E-state index in [0.29, 0.717) is 43.3 Å². The molecule has 1 N–H and O–H groups in total. The lowest BCUT2D eigenvalue weighted by molar-refractivity contribution is 0.0987. The lowest BCUT2D eigenvalue weighted by Crippen LogP contribution is -2.44. The number of aromatic nitrogens is 5. The van der Waals surface area contributed by atoms with E-state index in [1.54, 1.807) is 0 Å². The molecule has 42 heavy (non-hydrogen) atoms. The molecule has 9 nitrogen and oxygen atoms in total. The van der Waals surface area contributed by atoms with Crippen molar-refractivity contribution in [3.05, 3.63) is 84.2 Å². The highest BCUT2D eigenvalue weighted by Gasteiger charge is 2.32. The van der Waals surface area contributed by atoms with Gasteiger partial charge in [-0.2, -0.15) is 4.98 Å². The largest absolute Gasteiger partial charge is 0.473 e. The Hall–Kier alpha value is -4.50. The zero-order chi connectivity index (χ0) is 28.5. The van der Waals surface area contributed by atoms with Gasteiger partial charge in [0.2, 0.25) is 5.88 Å². The van der Waals surface area contributed by atoms with E-state index in [9.17, 15) is 0 Å². The van der Waals surface area contributed by atoms with E-state index in [1.807, 2.05) is 60.7 Å². The third-order valence-corrected chi connectivity index (χ3v) is 7.87. The van der Waals surface area contributed by atoms with Gasteiger partial charge in [-0.25, -0.2) is 15.0 Å². The molecule has 5 aromatic rings. The molecule has 1 atom stereocenters. The molecule has 7 rings (SSSR count). The summed E-state index contributed by atoms with van der Waals surface area (Å²) < 4.78 is 13.9. The molecule has 0 bridgehead atoms. The quantitative estimate of drug-likeness (QED) is 0.223. The van der Waals surface area contributed by atoms with Crippen molar-refractivity contribution in [2.75, 3.05) is 30.0 Å². The number of morpholine rings is 1. The Morgan fingerprint density at radius 1 is 0.929 bits per heavy atom. The number of benzene rings is 2. The van der Waals surface area contributed by atoms with Gasteiger partial charge in [-0.15, -0.1) is 0 Å². The lowest BCUT2D eigenvalue weighted by atomic mass is 10.2. The van der Waals surface area contributed by atoms with Crippen LogP contribution in [0.15, 0.2) is 72.8 Å². The lowest BCUT2D eigenvalue weighted by Gasteiger charge is -2.34. The summed E-state index contributed by atoms with van der Waals surface area (Å²) in [6, 6.07) is 24.2. The maximum atomic E-state index is 5.90. The molecular weight excluding hydrogens is 526 g/mol. The van der Waals surface area contributed by atoms with Crippen LogP contribution in [-0.2, 0) is 17.9 Å². The van der Waals surface area contributed by atoms with Crippen LogP contribution in [0.25, 0.3) is 22.6 Å². The molecule has 214 valence electrons. The number of nitrogens with one attached hydrogen (secondary N) is 1. The molecule has 1 aliphatic heterocycles. The predicted molar refractivity (Wildman–Crippen MR) is 164 cm³/mol. The number of pyridine rings is 1. The first-order valence-electron chi connectivity index (χ1n) is 14.8. The summed E-state index contributed by atoms with van der Waals surface area (Å²) in [5, 5.41) is 3.39. The van der Waals surface area contributed by atoms with Crippen LogP contribution < -0.4 is 15.0 Å². The number of anilines is 3. The average molecular weight is 562 g/mol. The highest BCUT2D eigenvalue weighted by Crippen LogP contribution is 2.42. The Labute approximate surface area is 245 Å². The van der Waals surface area contributed by atoms with Gasteiger partial charge in [0.1, 0.15) is 18.2 Å². The van der Waals surface area contributed by atoms with Crippen LogP contribution in [0.1, 0.15) is 44.0 Å². The first-order chi connectivity index (χ1) is 20.7. The van der Waals surface area contributed by atoms with Gasteiger partial charge in [0.25, 0.3) is 0 Å². The van der Waals surface area contributed by atoms with Gasteiger partial charge >= 0.3 is 0 Å². The molecule has 3 aromatic heterocycles. The molecule has 2 fully saturated rings. The van der Waals surface area contributed by atoms with Crippen LogP contribution in [0.3, 0.4) is 0 Å². The number of fused-ring (bicyclic) bond motifs is 1. The van der Waals surface area contributed by atoms with Gasteiger partial charge in [-0.1, -0.05) is 36.4 Å². The summed E-state index contributed by atoms with van der Waals surface area (Å²) in [5.41, 5.74) is 4.79. The van der Waals surface area contributed by atoms with Gasteiger partial charge in [0, 0.05) is 36.3 Å². The van der Waals surface area contributed by atoms with Crippen molar-refractivity contribution in [3.8, 4) is 17.3 Å². The van der Waals surface area contributed by atoms with E-state index < -0.39 is 0 Å². The molecule has 4 heterocycles. The van der Waals surface area contributed by atoms with Gasteiger partial charge in [0.15, 0.2) is 22.8 Å². The smallest absolute Gasteiger partial charge is 0.215 e. The van der Waals surface area contributed by atoms with Crippen molar-refractivity contribution in [1.82, 2.24) is 24.5 Å². The van der Waals surface area contributed by atoms with Crippen LogP contribution in [0.4, 0.5) is 17.3 Å². The molecule has 1 unspecified atom stereocenters. The van der Waals surface area contributed by atoms with Gasteiger partial charge in [-0.05, 0) is 62.6 Å². The van der Waals surface area contributed by atoms with Crippen molar-refractivity contribution in [2.24, 2.45) is 0 Å². The molecule has 9 heteroatoms. The molecule has 1 saturated heterocycles. The van der Waals surface area contributed by atoms with Gasteiger partial charge < -0.3 is 24.3 Å². The minimum Gasteiger partial charge on any atom is -0.473 e. The number of rotatable bonds is 9. The van der Waals surface area contributed by atoms with E-state index >= 15 is 0 Å². The molecule has 1 aliphatic carbocycles. The van der Waals surface area contributed by atoms with Crippen LogP contribution >= 0.6 is 0 Å². The molecular formula is C33H35N7O2. The third-order valence-electron chi connectivity index (χ3n) is 7.87. The third kappa shape index (κ3) is 5.39. The van der Waals surface area contributed by atoms with E-state index in [4.69, 9.17) is 24.4 Å². The number of nitrogens with zero attached hydrogens (tertiary/aromatic N) is 6. The zero-order valence-corrected chi connectivity index (χ0v) is 24.0. The van der Waals surface area contributed by atoms with E-state index in [2.05, 4.69) is 45.7 Å². The first kappa shape index (κ1) is 26.4. The molecule has 0 amide bonds. The Kier molecular flexibility index (Phi) is 7.17.